The minimum atomic E-state index is -0.182. The molecule has 0 aromatic rings. The molecule has 0 N–H and O–H groups in total. The predicted molar refractivity (Wildman–Crippen MR) is 99.3 cm³/mol. The molecule has 7 atom stereocenters. The van der Waals surface area contributed by atoms with Crippen molar-refractivity contribution in [3.05, 3.63) is 11.6 Å². The Kier molecular flexibility index (Phi) is 3.42. The summed E-state index contributed by atoms with van der Waals surface area (Å²) in [5.41, 5.74) is 1.62. The molecule has 5 aliphatic rings. The van der Waals surface area contributed by atoms with Gasteiger partial charge < -0.3 is 4.74 Å². The first-order valence-corrected chi connectivity index (χ1v) is 10.7. The van der Waals surface area contributed by atoms with E-state index in [1.165, 1.54) is 24.8 Å². The number of hydrogen-bond acceptors (Lipinski definition) is 3. The standard InChI is InChI=1S/C23H32O3/c1-14-12-15-13-16(24)4-8-21(15,2)17-5-9-22(3)18(20(14)17)6-10-23(22)11-7-19(25)26-23/h13-14,17-18,20H,4-12H2,1-3H3/t14-,17?,18?,20?,21?,22?,23-/m1/s1. The third-order valence-electron chi connectivity index (χ3n) is 9.64. The largest absolute Gasteiger partial charge is 0.458 e. The summed E-state index contributed by atoms with van der Waals surface area (Å²) in [4.78, 5) is 24.0. The zero-order chi connectivity index (χ0) is 18.3. The van der Waals surface area contributed by atoms with Crippen molar-refractivity contribution >= 4 is 11.8 Å². The number of ketones is 1. The fraction of sp³-hybridized carbons (Fsp3) is 0.826. The van der Waals surface area contributed by atoms with Crippen molar-refractivity contribution in [2.24, 2.45) is 34.5 Å². The van der Waals surface area contributed by atoms with E-state index in [1.54, 1.807) is 0 Å². The Morgan fingerprint density at radius 3 is 2.50 bits per heavy atom. The summed E-state index contributed by atoms with van der Waals surface area (Å²) >= 11 is 0. The number of esters is 1. The Morgan fingerprint density at radius 1 is 1.00 bits per heavy atom. The first-order valence-electron chi connectivity index (χ1n) is 10.7. The molecule has 0 amide bonds. The second kappa shape index (κ2) is 5.23. The lowest BCUT2D eigenvalue weighted by Gasteiger charge is -2.61. The number of carbonyl (C=O) groups excluding carboxylic acids is 2. The van der Waals surface area contributed by atoms with Crippen LogP contribution in [0.3, 0.4) is 0 Å². The molecule has 0 aromatic heterocycles. The number of hydrogen-bond donors (Lipinski definition) is 0. The molecule has 3 heteroatoms. The van der Waals surface area contributed by atoms with Crippen LogP contribution in [-0.4, -0.2) is 17.4 Å². The monoisotopic (exact) mass is 356 g/mol. The van der Waals surface area contributed by atoms with Crippen molar-refractivity contribution in [1.29, 1.82) is 0 Å². The molecule has 3 nitrogen and oxygen atoms in total. The second-order valence-electron chi connectivity index (χ2n) is 10.5. The molecule has 1 heterocycles. The summed E-state index contributed by atoms with van der Waals surface area (Å²) < 4.78 is 6.05. The number of fused-ring (bicyclic) bond motifs is 6. The molecule has 142 valence electrons. The van der Waals surface area contributed by atoms with E-state index in [0.29, 0.717) is 35.9 Å². The highest BCUT2D eigenvalue weighted by atomic mass is 16.6. The Balaban J connectivity index is 1.53. The predicted octanol–water partition coefficient (Wildman–Crippen LogP) is 4.84. The van der Waals surface area contributed by atoms with E-state index in [0.717, 1.165) is 32.1 Å². The summed E-state index contributed by atoms with van der Waals surface area (Å²) in [6.07, 6.45) is 11.1. The minimum absolute atomic E-state index is 0.0219. The van der Waals surface area contributed by atoms with Gasteiger partial charge in [0.15, 0.2) is 5.78 Å². The highest BCUT2D eigenvalue weighted by Crippen LogP contribution is 2.70. The van der Waals surface area contributed by atoms with E-state index >= 15 is 0 Å². The molecule has 3 saturated carbocycles. The molecule has 0 bridgehead atoms. The van der Waals surface area contributed by atoms with Crippen LogP contribution in [0.25, 0.3) is 0 Å². The highest BCUT2D eigenvalue weighted by Gasteiger charge is 2.67. The van der Waals surface area contributed by atoms with E-state index in [-0.39, 0.29) is 22.4 Å². The molecule has 0 aromatic carbocycles. The van der Waals surface area contributed by atoms with Crippen LogP contribution in [0.5, 0.6) is 0 Å². The van der Waals surface area contributed by atoms with Gasteiger partial charge in [-0.2, -0.15) is 0 Å². The Labute approximate surface area is 156 Å². The Bertz CT molecular complexity index is 708. The van der Waals surface area contributed by atoms with Crippen molar-refractivity contribution in [2.45, 2.75) is 84.2 Å². The lowest BCUT2D eigenvalue weighted by Crippen LogP contribution is -2.56. The maximum atomic E-state index is 12.0. The third-order valence-corrected chi connectivity index (χ3v) is 9.64. The van der Waals surface area contributed by atoms with Gasteiger partial charge >= 0.3 is 5.97 Å². The van der Waals surface area contributed by atoms with Crippen LogP contribution in [-0.2, 0) is 14.3 Å². The number of ether oxygens (including phenoxy) is 1. The van der Waals surface area contributed by atoms with Crippen molar-refractivity contribution < 1.29 is 14.3 Å². The highest BCUT2D eigenvalue weighted by molar-refractivity contribution is 5.91. The maximum Gasteiger partial charge on any atom is 0.306 e. The van der Waals surface area contributed by atoms with Crippen LogP contribution in [0.4, 0.5) is 0 Å². The van der Waals surface area contributed by atoms with Gasteiger partial charge in [0.1, 0.15) is 5.60 Å². The van der Waals surface area contributed by atoms with Crippen LogP contribution < -0.4 is 0 Å². The Hall–Kier alpha value is -1.12. The van der Waals surface area contributed by atoms with E-state index in [4.69, 9.17) is 4.74 Å². The molecule has 26 heavy (non-hydrogen) atoms. The quantitative estimate of drug-likeness (QED) is 0.583. The van der Waals surface area contributed by atoms with Gasteiger partial charge in [-0.15, -0.1) is 0 Å². The topological polar surface area (TPSA) is 43.4 Å². The molecule has 4 fully saturated rings. The van der Waals surface area contributed by atoms with Crippen LogP contribution in [0.1, 0.15) is 78.6 Å². The summed E-state index contributed by atoms with van der Waals surface area (Å²) in [7, 11) is 0. The molecule has 5 unspecified atom stereocenters. The molecule has 1 saturated heterocycles. The van der Waals surface area contributed by atoms with Gasteiger partial charge in [-0.1, -0.05) is 26.3 Å². The normalized spacial score (nSPS) is 53.0. The molecule has 0 radical (unpaired) electrons. The minimum Gasteiger partial charge on any atom is -0.458 e. The summed E-state index contributed by atoms with van der Waals surface area (Å²) in [6, 6.07) is 0. The van der Waals surface area contributed by atoms with E-state index in [2.05, 4.69) is 20.8 Å². The number of rotatable bonds is 0. The molecule has 1 spiro atoms. The summed E-state index contributed by atoms with van der Waals surface area (Å²) in [5.74, 6) is 3.05. The summed E-state index contributed by atoms with van der Waals surface area (Å²) in [6.45, 7) is 7.29. The van der Waals surface area contributed by atoms with Crippen LogP contribution in [0, 0.1) is 34.5 Å². The molecule has 5 rings (SSSR count). The van der Waals surface area contributed by atoms with Gasteiger partial charge in [0.2, 0.25) is 0 Å². The molecular weight excluding hydrogens is 324 g/mol. The SMILES string of the molecule is C[C@@H]1CC2=CC(=O)CCC2(C)C2CCC3(C)C(CC[C@@]34CCC(=O)O4)C21. The zero-order valence-electron chi connectivity index (χ0n) is 16.5. The average Bonchev–Trinajstić information content (AvgIpc) is 3.11. The fourth-order valence-electron chi connectivity index (χ4n) is 8.20. The lowest BCUT2D eigenvalue weighted by molar-refractivity contribution is -0.170. The molecular formula is C23H32O3. The number of allylic oxidation sites excluding steroid dienone is 1. The fourth-order valence-corrected chi connectivity index (χ4v) is 8.20. The van der Waals surface area contributed by atoms with Gasteiger partial charge in [0, 0.05) is 18.3 Å². The van der Waals surface area contributed by atoms with Gasteiger partial charge in [-0.05, 0) is 80.1 Å². The van der Waals surface area contributed by atoms with E-state index in [9.17, 15) is 9.59 Å². The van der Waals surface area contributed by atoms with Gasteiger partial charge in [0.05, 0.1) is 0 Å². The average molecular weight is 357 g/mol. The second-order valence-corrected chi connectivity index (χ2v) is 10.5. The number of carbonyl (C=O) groups is 2. The van der Waals surface area contributed by atoms with Gasteiger partial charge in [0.25, 0.3) is 0 Å². The summed E-state index contributed by atoms with van der Waals surface area (Å²) in [5, 5.41) is 0. The zero-order valence-corrected chi connectivity index (χ0v) is 16.5. The van der Waals surface area contributed by atoms with Crippen molar-refractivity contribution in [2.75, 3.05) is 0 Å². The smallest absolute Gasteiger partial charge is 0.306 e. The van der Waals surface area contributed by atoms with E-state index < -0.39 is 0 Å². The lowest BCUT2D eigenvalue weighted by atomic mass is 9.44. The first-order chi connectivity index (χ1) is 12.3. The Morgan fingerprint density at radius 2 is 1.77 bits per heavy atom. The van der Waals surface area contributed by atoms with Crippen LogP contribution >= 0.6 is 0 Å². The molecule has 1 aliphatic heterocycles. The van der Waals surface area contributed by atoms with Crippen LogP contribution in [0.2, 0.25) is 0 Å². The maximum absolute atomic E-state index is 12.0. The molecule has 4 aliphatic carbocycles. The van der Waals surface area contributed by atoms with Crippen LogP contribution in [0.15, 0.2) is 11.6 Å². The van der Waals surface area contributed by atoms with Gasteiger partial charge in [-0.3, -0.25) is 9.59 Å². The van der Waals surface area contributed by atoms with E-state index in [1.807, 2.05) is 6.08 Å². The first kappa shape index (κ1) is 17.0. The third kappa shape index (κ3) is 1.95. The van der Waals surface area contributed by atoms with Crippen molar-refractivity contribution in [3.8, 4) is 0 Å². The van der Waals surface area contributed by atoms with Crippen molar-refractivity contribution in [3.63, 3.8) is 0 Å². The van der Waals surface area contributed by atoms with Gasteiger partial charge in [-0.25, -0.2) is 0 Å². The van der Waals surface area contributed by atoms with Crippen molar-refractivity contribution in [1.82, 2.24) is 0 Å².